The minimum Gasteiger partial charge on any atom is -0.245 e. The van der Waals surface area contributed by atoms with Crippen LogP contribution in [0.1, 0.15) is 0 Å². The SMILES string of the molecule is IC12C=NC=NC1=NC=N2. The van der Waals surface area contributed by atoms with Crippen molar-refractivity contribution in [2.75, 3.05) is 0 Å². The lowest BCUT2D eigenvalue weighted by Gasteiger charge is -2.13. The Labute approximate surface area is 71.0 Å². The zero-order valence-electron chi connectivity index (χ0n) is 4.90. The molecule has 4 nitrogen and oxygen atoms in total. The Balaban J connectivity index is 2.51. The van der Waals surface area contributed by atoms with Crippen molar-refractivity contribution in [3.8, 4) is 0 Å². The minimum absolute atomic E-state index is 0.410. The molecule has 0 radical (unpaired) electrons. The van der Waals surface area contributed by atoms with Crippen molar-refractivity contribution in [1.82, 2.24) is 0 Å². The fourth-order valence-corrected chi connectivity index (χ4v) is 1.31. The van der Waals surface area contributed by atoms with Crippen molar-refractivity contribution in [3.05, 3.63) is 0 Å². The van der Waals surface area contributed by atoms with Crippen LogP contribution in [0, 0.1) is 0 Å². The van der Waals surface area contributed by atoms with Crippen molar-refractivity contribution in [2.45, 2.75) is 3.55 Å². The van der Waals surface area contributed by atoms with Crippen LogP contribution in [0.5, 0.6) is 0 Å². The predicted octanol–water partition coefficient (Wildman–Crippen LogP) is 0.671. The molecule has 0 aliphatic carbocycles. The largest absolute Gasteiger partial charge is 0.245 e. The number of amidine groups is 1. The summed E-state index contributed by atoms with van der Waals surface area (Å²) in [6.07, 6.45) is 4.71. The van der Waals surface area contributed by atoms with Crippen LogP contribution >= 0.6 is 22.6 Å². The van der Waals surface area contributed by atoms with Crippen molar-refractivity contribution in [3.63, 3.8) is 0 Å². The topological polar surface area (TPSA) is 49.4 Å². The van der Waals surface area contributed by atoms with Gasteiger partial charge in [-0.1, -0.05) is 0 Å². The highest BCUT2D eigenvalue weighted by atomic mass is 127. The van der Waals surface area contributed by atoms with Gasteiger partial charge in [0.2, 0.25) is 3.55 Å². The summed E-state index contributed by atoms with van der Waals surface area (Å²) in [5.41, 5.74) is 0. The van der Waals surface area contributed by atoms with E-state index in [1.54, 1.807) is 6.21 Å². The summed E-state index contributed by atoms with van der Waals surface area (Å²) < 4.78 is -0.410. The number of rotatable bonds is 0. The van der Waals surface area contributed by atoms with Crippen LogP contribution in [0.2, 0.25) is 0 Å². The van der Waals surface area contributed by atoms with Gasteiger partial charge in [0.1, 0.15) is 12.7 Å². The fourth-order valence-electron chi connectivity index (χ4n) is 0.751. The second-order valence-corrected chi connectivity index (χ2v) is 3.54. The number of hydrogen-bond acceptors (Lipinski definition) is 4. The van der Waals surface area contributed by atoms with Crippen molar-refractivity contribution in [2.24, 2.45) is 20.0 Å². The predicted molar refractivity (Wildman–Crippen MR) is 49.7 cm³/mol. The molecule has 0 fully saturated rings. The summed E-state index contributed by atoms with van der Waals surface area (Å²) >= 11 is 2.15. The first-order valence-electron chi connectivity index (χ1n) is 2.69. The van der Waals surface area contributed by atoms with Gasteiger partial charge in [-0.25, -0.2) is 20.0 Å². The third-order valence-corrected chi connectivity index (χ3v) is 2.27. The first-order valence-corrected chi connectivity index (χ1v) is 3.77. The van der Waals surface area contributed by atoms with Crippen LogP contribution in [0.25, 0.3) is 0 Å². The molecule has 0 aromatic heterocycles. The molecule has 1 atom stereocenters. The van der Waals surface area contributed by atoms with Gasteiger partial charge in [-0.3, -0.25) is 0 Å². The summed E-state index contributed by atoms with van der Waals surface area (Å²) in [5.74, 6) is 0.711. The maximum Gasteiger partial charge on any atom is 0.207 e. The Hall–Kier alpha value is -0.590. The van der Waals surface area contributed by atoms with Gasteiger partial charge in [0.05, 0.1) is 6.21 Å². The molecule has 0 saturated carbocycles. The van der Waals surface area contributed by atoms with Crippen LogP contribution in [-0.4, -0.2) is 28.3 Å². The van der Waals surface area contributed by atoms with Crippen molar-refractivity contribution >= 4 is 47.3 Å². The highest BCUT2D eigenvalue weighted by Crippen LogP contribution is 2.25. The summed E-state index contributed by atoms with van der Waals surface area (Å²) in [5, 5.41) is 0. The highest BCUT2D eigenvalue weighted by molar-refractivity contribution is 14.1. The molecule has 2 heterocycles. The van der Waals surface area contributed by atoms with E-state index < -0.39 is 3.55 Å². The highest BCUT2D eigenvalue weighted by Gasteiger charge is 2.34. The number of alkyl halides is 1. The minimum atomic E-state index is -0.410. The summed E-state index contributed by atoms with van der Waals surface area (Å²) in [7, 11) is 0. The molecule has 1 unspecified atom stereocenters. The Morgan fingerprint density at radius 1 is 1.40 bits per heavy atom. The molecule has 2 aliphatic rings. The number of fused-ring (bicyclic) bond motifs is 1. The molecule has 0 spiro atoms. The van der Waals surface area contributed by atoms with Gasteiger partial charge in [-0.05, 0) is 22.6 Å². The van der Waals surface area contributed by atoms with E-state index in [-0.39, 0.29) is 0 Å². The third kappa shape index (κ3) is 0.731. The Morgan fingerprint density at radius 3 is 3.10 bits per heavy atom. The lowest BCUT2D eigenvalue weighted by atomic mass is 10.3. The maximum atomic E-state index is 4.08. The molecule has 2 aliphatic heterocycles. The molecular weight excluding hydrogens is 243 g/mol. The van der Waals surface area contributed by atoms with E-state index in [4.69, 9.17) is 0 Å². The molecule has 0 bridgehead atoms. The molecule has 50 valence electrons. The second kappa shape index (κ2) is 1.94. The van der Waals surface area contributed by atoms with Gasteiger partial charge in [0, 0.05) is 0 Å². The maximum absolute atomic E-state index is 4.08. The van der Waals surface area contributed by atoms with E-state index in [9.17, 15) is 0 Å². The number of aliphatic imine (C=N–C) groups is 4. The molecule has 0 amide bonds. The van der Waals surface area contributed by atoms with Crippen LogP contribution in [0.3, 0.4) is 0 Å². The standard InChI is InChI=1S/C5H3IN4/c6-5-1-7-2-8-4(5)9-3-10-5/h1-3H. The lowest BCUT2D eigenvalue weighted by Crippen LogP contribution is -2.29. The molecular formula is C5H3IN4. The lowest BCUT2D eigenvalue weighted by molar-refractivity contribution is 1.13. The Bertz CT molecular complexity index is 277. The van der Waals surface area contributed by atoms with Crippen LogP contribution in [-0.2, 0) is 0 Å². The summed E-state index contributed by atoms with van der Waals surface area (Å²) in [6, 6.07) is 0. The number of hydrogen-bond donors (Lipinski definition) is 0. The van der Waals surface area contributed by atoms with Crippen molar-refractivity contribution in [1.29, 1.82) is 0 Å². The summed E-state index contributed by atoms with van der Waals surface area (Å²) in [4.78, 5) is 15.9. The average molecular weight is 246 g/mol. The summed E-state index contributed by atoms with van der Waals surface area (Å²) in [6.45, 7) is 0. The van der Waals surface area contributed by atoms with Crippen LogP contribution in [0.15, 0.2) is 20.0 Å². The van der Waals surface area contributed by atoms with Gasteiger partial charge >= 0.3 is 0 Å². The van der Waals surface area contributed by atoms with Crippen LogP contribution < -0.4 is 0 Å². The molecule has 2 rings (SSSR count). The molecule has 0 saturated heterocycles. The average Bonchev–Trinajstić information content (AvgIpc) is 2.29. The molecule has 0 aromatic rings. The Morgan fingerprint density at radius 2 is 2.30 bits per heavy atom. The van der Waals surface area contributed by atoms with Crippen molar-refractivity contribution < 1.29 is 0 Å². The van der Waals surface area contributed by atoms with Gasteiger partial charge in [-0.15, -0.1) is 0 Å². The third-order valence-electron chi connectivity index (χ3n) is 1.23. The van der Waals surface area contributed by atoms with Gasteiger partial charge in [0.15, 0.2) is 5.84 Å². The zero-order chi connectivity index (χ0) is 7.03. The molecule has 5 heteroatoms. The molecule has 0 N–H and O–H groups in total. The normalized spacial score (nSPS) is 34.3. The quantitative estimate of drug-likeness (QED) is 0.342. The second-order valence-electron chi connectivity index (χ2n) is 1.89. The van der Waals surface area contributed by atoms with Crippen LogP contribution in [0.4, 0.5) is 0 Å². The van der Waals surface area contributed by atoms with E-state index in [1.165, 1.54) is 12.7 Å². The monoisotopic (exact) mass is 246 g/mol. The van der Waals surface area contributed by atoms with Gasteiger partial charge in [0.25, 0.3) is 0 Å². The van der Waals surface area contributed by atoms with E-state index in [0.29, 0.717) is 5.84 Å². The molecule has 10 heavy (non-hydrogen) atoms. The zero-order valence-corrected chi connectivity index (χ0v) is 7.06. The Kier molecular flexibility index (Phi) is 1.19. The van der Waals surface area contributed by atoms with E-state index in [2.05, 4.69) is 42.6 Å². The molecule has 0 aromatic carbocycles. The van der Waals surface area contributed by atoms with Gasteiger partial charge in [-0.2, -0.15) is 0 Å². The first kappa shape index (κ1) is 6.14. The fraction of sp³-hybridized carbons (Fsp3) is 0.200. The number of halogens is 1. The first-order chi connectivity index (χ1) is 4.81. The van der Waals surface area contributed by atoms with E-state index >= 15 is 0 Å². The van der Waals surface area contributed by atoms with E-state index in [0.717, 1.165) is 0 Å². The van der Waals surface area contributed by atoms with E-state index in [1.807, 2.05) is 0 Å². The number of nitrogens with zero attached hydrogens (tertiary/aromatic N) is 4. The van der Waals surface area contributed by atoms with Gasteiger partial charge < -0.3 is 0 Å². The smallest absolute Gasteiger partial charge is 0.207 e.